The molecular weight excluding hydrogens is 400 g/mol. The fourth-order valence-electron chi connectivity index (χ4n) is 5.20. The molecule has 1 aromatic carbocycles. The molecule has 1 N–H and O–H groups in total. The second-order valence-electron chi connectivity index (χ2n) is 9.09. The Bertz CT molecular complexity index is 1080. The Balaban J connectivity index is 1.33. The van der Waals surface area contributed by atoms with E-state index in [-0.39, 0.29) is 17.1 Å². The van der Waals surface area contributed by atoms with Crippen molar-refractivity contribution in [3.05, 3.63) is 72.8 Å². The van der Waals surface area contributed by atoms with Gasteiger partial charge in [-0.2, -0.15) is 0 Å². The Labute approximate surface area is 188 Å². The first-order valence-corrected chi connectivity index (χ1v) is 11.1. The predicted octanol–water partition coefficient (Wildman–Crippen LogP) is 3.84. The smallest absolute Gasteiger partial charge is 0.322 e. The van der Waals surface area contributed by atoms with Gasteiger partial charge in [-0.05, 0) is 57.5 Å². The van der Waals surface area contributed by atoms with E-state index in [1.165, 1.54) is 5.56 Å². The minimum absolute atomic E-state index is 0.0000419. The molecular formula is C25H28N6O. The molecule has 1 spiro atoms. The first kappa shape index (κ1) is 20.6. The number of benzene rings is 1. The lowest BCUT2D eigenvalue weighted by Gasteiger charge is -2.48. The molecule has 7 heteroatoms. The van der Waals surface area contributed by atoms with Gasteiger partial charge < -0.3 is 5.32 Å². The maximum atomic E-state index is 12.9. The minimum Gasteiger partial charge on any atom is -0.330 e. The molecule has 3 aromatic rings. The van der Waals surface area contributed by atoms with Crippen LogP contribution in [0.25, 0.3) is 11.4 Å². The van der Waals surface area contributed by atoms with E-state index >= 15 is 0 Å². The van der Waals surface area contributed by atoms with Gasteiger partial charge in [-0.15, -0.1) is 0 Å². The van der Waals surface area contributed by atoms with Gasteiger partial charge in [0.25, 0.3) is 0 Å². The number of hydrogen-bond donors (Lipinski definition) is 1. The summed E-state index contributed by atoms with van der Waals surface area (Å²) in [6, 6.07) is 14.4. The summed E-state index contributed by atoms with van der Waals surface area (Å²) in [5.41, 5.74) is 2.77. The molecule has 2 aliphatic rings. The van der Waals surface area contributed by atoms with Crippen LogP contribution in [0.3, 0.4) is 0 Å². The summed E-state index contributed by atoms with van der Waals surface area (Å²) in [7, 11) is 4.32. The second kappa shape index (κ2) is 7.98. The molecule has 1 aliphatic heterocycles. The zero-order valence-electron chi connectivity index (χ0n) is 18.5. The molecule has 1 aliphatic carbocycles. The largest absolute Gasteiger partial charge is 0.330 e. The zero-order valence-corrected chi connectivity index (χ0v) is 18.5. The van der Waals surface area contributed by atoms with E-state index in [0.717, 1.165) is 36.9 Å². The van der Waals surface area contributed by atoms with Gasteiger partial charge in [-0.3, -0.25) is 14.8 Å². The van der Waals surface area contributed by atoms with E-state index in [4.69, 9.17) is 0 Å². The molecule has 0 atom stereocenters. The number of pyridine rings is 1. The summed E-state index contributed by atoms with van der Waals surface area (Å²) in [6.45, 7) is 0.641. The average Bonchev–Trinajstić information content (AvgIpc) is 3.16. The highest BCUT2D eigenvalue weighted by Crippen LogP contribution is 2.46. The Morgan fingerprint density at radius 1 is 0.938 bits per heavy atom. The van der Waals surface area contributed by atoms with E-state index in [0.29, 0.717) is 12.4 Å². The highest BCUT2D eigenvalue weighted by molar-refractivity contribution is 5.95. The van der Waals surface area contributed by atoms with Crippen LogP contribution < -0.4 is 10.2 Å². The summed E-state index contributed by atoms with van der Waals surface area (Å²) in [5, 5.41) is 3.30. The molecule has 7 nitrogen and oxygen atoms in total. The zero-order chi connectivity index (χ0) is 22.2. The van der Waals surface area contributed by atoms with Crippen LogP contribution >= 0.6 is 0 Å². The standard InChI is InChI=1S/C25H28N6O/c1-30(2)25(20-6-4-3-5-7-20)12-10-24(11-13-25)18-31(23(32)29-24)21-16-27-22(28-17-21)19-8-14-26-15-9-19/h3-9,14-17H,10-13,18H2,1-2H3,(H,29,32)/t24-,25+. The summed E-state index contributed by atoms with van der Waals surface area (Å²) < 4.78 is 0. The van der Waals surface area contributed by atoms with Crippen molar-refractivity contribution >= 4 is 11.7 Å². The number of urea groups is 1. The highest BCUT2D eigenvalue weighted by Gasteiger charge is 2.50. The molecule has 0 unspecified atom stereocenters. The molecule has 164 valence electrons. The quantitative estimate of drug-likeness (QED) is 0.684. The van der Waals surface area contributed by atoms with E-state index in [1.54, 1.807) is 29.7 Å². The monoisotopic (exact) mass is 428 g/mol. The molecule has 1 saturated heterocycles. The topological polar surface area (TPSA) is 74.2 Å². The first-order chi connectivity index (χ1) is 15.5. The number of carbonyl (C=O) groups is 1. The number of rotatable bonds is 4. The van der Waals surface area contributed by atoms with E-state index < -0.39 is 0 Å². The van der Waals surface area contributed by atoms with Crippen molar-refractivity contribution in [2.75, 3.05) is 25.5 Å². The molecule has 2 amide bonds. The summed E-state index contributed by atoms with van der Waals surface area (Å²) in [5.74, 6) is 0.627. The third kappa shape index (κ3) is 3.52. The van der Waals surface area contributed by atoms with Gasteiger partial charge in [0.15, 0.2) is 5.82 Å². The maximum Gasteiger partial charge on any atom is 0.322 e. The maximum absolute atomic E-state index is 12.9. The van der Waals surface area contributed by atoms with Crippen LogP contribution in [0.2, 0.25) is 0 Å². The Morgan fingerprint density at radius 3 is 2.22 bits per heavy atom. The third-order valence-electron chi connectivity index (χ3n) is 7.17. The number of amides is 2. The Morgan fingerprint density at radius 2 is 1.59 bits per heavy atom. The first-order valence-electron chi connectivity index (χ1n) is 11.1. The van der Waals surface area contributed by atoms with Crippen molar-refractivity contribution in [1.29, 1.82) is 0 Å². The van der Waals surface area contributed by atoms with Crippen molar-refractivity contribution in [2.45, 2.75) is 36.8 Å². The van der Waals surface area contributed by atoms with Crippen LogP contribution in [-0.4, -0.2) is 52.1 Å². The van der Waals surface area contributed by atoms with Crippen molar-refractivity contribution < 1.29 is 4.79 Å². The van der Waals surface area contributed by atoms with Crippen LogP contribution in [0, 0.1) is 0 Å². The minimum atomic E-state index is -0.213. The van der Waals surface area contributed by atoms with Crippen LogP contribution in [0.4, 0.5) is 10.5 Å². The van der Waals surface area contributed by atoms with Crippen molar-refractivity contribution in [3.63, 3.8) is 0 Å². The molecule has 5 rings (SSSR count). The lowest BCUT2D eigenvalue weighted by molar-refractivity contribution is 0.0658. The van der Waals surface area contributed by atoms with Gasteiger partial charge >= 0.3 is 6.03 Å². The van der Waals surface area contributed by atoms with E-state index in [9.17, 15) is 4.79 Å². The van der Waals surface area contributed by atoms with Crippen molar-refractivity contribution in [3.8, 4) is 11.4 Å². The van der Waals surface area contributed by atoms with Gasteiger partial charge in [0.1, 0.15) is 0 Å². The molecule has 1 saturated carbocycles. The molecule has 0 bridgehead atoms. The van der Waals surface area contributed by atoms with Crippen LogP contribution in [-0.2, 0) is 5.54 Å². The molecule has 2 fully saturated rings. The van der Waals surface area contributed by atoms with Gasteiger partial charge in [-0.1, -0.05) is 30.3 Å². The van der Waals surface area contributed by atoms with Gasteiger partial charge in [0.05, 0.1) is 30.2 Å². The summed E-state index contributed by atoms with van der Waals surface area (Å²) >= 11 is 0. The molecule has 3 heterocycles. The third-order valence-corrected chi connectivity index (χ3v) is 7.17. The van der Waals surface area contributed by atoms with Gasteiger partial charge in [0.2, 0.25) is 0 Å². The second-order valence-corrected chi connectivity index (χ2v) is 9.09. The lowest BCUT2D eigenvalue weighted by atomic mass is 9.69. The van der Waals surface area contributed by atoms with Gasteiger partial charge in [0, 0.05) is 23.5 Å². The van der Waals surface area contributed by atoms with E-state index in [1.807, 2.05) is 12.1 Å². The van der Waals surface area contributed by atoms with Crippen molar-refractivity contribution in [1.82, 2.24) is 25.2 Å². The number of anilines is 1. The predicted molar refractivity (Wildman–Crippen MR) is 124 cm³/mol. The number of nitrogens with zero attached hydrogens (tertiary/aromatic N) is 5. The average molecular weight is 429 g/mol. The van der Waals surface area contributed by atoms with Crippen molar-refractivity contribution in [2.24, 2.45) is 0 Å². The number of hydrogen-bond acceptors (Lipinski definition) is 5. The van der Waals surface area contributed by atoms with Gasteiger partial charge in [-0.25, -0.2) is 14.8 Å². The highest BCUT2D eigenvalue weighted by atomic mass is 16.2. The number of aromatic nitrogens is 3. The molecule has 0 radical (unpaired) electrons. The molecule has 32 heavy (non-hydrogen) atoms. The summed E-state index contributed by atoms with van der Waals surface area (Å²) in [4.78, 5) is 30.0. The number of carbonyl (C=O) groups excluding carboxylic acids is 1. The normalized spacial score (nSPS) is 25.3. The number of nitrogens with one attached hydrogen (secondary N) is 1. The Kier molecular flexibility index (Phi) is 5.13. The SMILES string of the molecule is CN(C)[C@]1(c2ccccc2)CC[C@]2(CC1)CN(c1cnc(-c3ccncc3)nc1)C(=O)N2. The van der Waals surface area contributed by atoms with Crippen LogP contribution in [0.15, 0.2) is 67.3 Å². The lowest BCUT2D eigenvalue weighted by Crippen LogP contribution is -2.54. The van der Waals surface area contributed by atoms with E-state index in [2.05, 4.69) is 69.6 Å². The summed E-state index contributed by atoms with van der Waals surface area (Å²) in [6.07, 6.45) is 10.8. The Hall–Kier alpha value is -3.32. The fourth-order valence-corrected chi connectivity index (χ4v) is 5.20. The van der Waals surface area contributed by atoms with Crippen LogP contribution in [0.1, 0.15) is 31.2 Å². The molecule has 2 aromatic heterocycles. The fraction of sp³-hybridized carbons (Fsp3) is 0.360. The van der Waals surface area contributed by atoms with Crippen LogP contribution in [0.5, 0.6) is 0 Å².